The molecule has 0 spiro atoms. The molecule has 0 fully saturated rings. The number of nitrogens with zero attached hydrogens (tertiary/aromatic N) is 3. The van der Waals surface area contributed by atoms with E-state index in [1.54, 1.807) is 10.7 Å². The Labute approximate surface area is 115 Å². The molecule has 0 atom stereocenters. The van der Waals surface area contributed by atoms with Crippen LogP contribution in [-0.2, 0) is 6.54 Å². The molecule has 0 aliphatic rings. The van der Waals surface area contributed by atoms with Gasteiger partial charge < -0.3 is 10.6 Å². The van der Waals surface area contributed by atoms with Gasteiger partial charge in [-0.3, -0.25) is 4.79 Å². The van der Waals surface area contributed by atoms with Crippen LogP contribution >= 0.6 is 0 Å². The van der Waals surface area contributed by atoms with Crippen LogP contribution in [0.3, 0.4) is 0 Å². The van der Waals surface area contributed by atoms with Crippen LogP contribution in [0.1, 0.15) is 45.1 Å². The van der Waals surface area contributed by atoms with Crippen molar-refractivity contribution in [3.63, 3.8) is 0 Å². The molecule has 0 bridgehead atoms. The summed E-state index contributed by atoms with van der Waals surface area (Å²) in [6.45, 7) is 12.6. The summed E-state index contributed by atoms with van der Waals surface area (Å²) in [5.74, 6) is 1.39. The van der Waals surface area contributed by atoms with Gasteiger partial charge >= 0.3 is 0 Å². The largest absolute Gasteiger partial charge is 0.384 e. The van der Waals surface area contributed by atoms with Gasteiger partial charge in [-0.05, 0) is 18.8 Å². The number of nitrogens with two attached hydrogens (primary N) is 1. The molecule has 0 aliphatic heterocycles. The molecule has 0 aromatic carbocycles. The highest BCUT2D eigenvalue weighted by Crippen LogP contribution is 2.12. The summed E-state index contributed by atoms with van der Waals surface area (Å²) in [5, 5.41) is 4.26. The number of hydrogen-bond donors (Lipinski definition) is 1. The van der Waals surface area contributed by atoms with Crippen LogP contribution in [0.5, 0.6) is 0 Å². The van der Waals surface area contributed by atoms with E-state index >= 15 is 0 Å². The first-order valence-electron chi connectivity index (χ1n) is 6.97. The van der Waals surface area contributed by atoms with Gasteiger partial charge in [0.2, 0.25) is 0 Å². The second-order valence-electron chi connectivity index (χ2n) is 5.77. The lowest BCUT2D eigenvalue weighted by Gasteiger charge is -2.25. The van der Waals surface area contributed by atoms with E-state index < -0.39 is 0 Å². The Kier molecular flexibility index (Phi) is 5.39. The Morgan fingerprint density at radius 3 is 2.21 bits per heavy atom. The molecular formula is C14H26N4O. The monoisotopic (exact) mass is 266 g/mol. The maximum Gasteiger partial charge on any atom is 0.274 e. The van der Waals surface area contributed by atoms with Crippen molar-refractivity contribution in [1.82, 2.24) is 14.7 Å². The Morgan fingerprint density at radius 1 is 1.32 bits per heavy atom. The second kappa shape index (κ2) is 6.59. The first kappa shape index (κ1) is 15.5. The maximum absolute atomic E-state index is 12.5. The lowest BCUT2D eigenvalue weighted by molar-refractivity contribution is 0.0708. The molecule has 0 saturated heterocycles. The zero-order valence-corrected chi connectivity index (χ0v) is 12.7. The van der Waals surface area contributed by atoms with Crippen molar-refractivity contribution in [2.75, 3.05) is 18.8 Å². The molecule has 108 valence electrons. The minimum absolute atomic E-state index is 0.0266. The summed E-state index contributed by atoms with van der Waals surface area (Å²) < 4.78 is 1.65. The number of nitrogen functional groups attached to an aromatic ring is 1. The molecular weight excluding hydrogens is 240 g/mol. The van der Waals surface area contributed by atoms with Crippen molar-refractivity contribution < 1.29 is 4.79 Å². The lowest BCUT2D eigenvalue weighted by atomic mass is 10.1. The van der Waals surface area contributed by atoms with Crippen molar-refractivity contribution >= 4 is 11.7 Å². The van der Waals surface area contributed by atoms with E-state index in [4.69, 9.17) is 5.73 Å². The average molecular weight is 266 g/mol. The van der Waals surface area contributed by atoms with Crippen LogP contribution in [0.15, 0.2) is 6.07 Å². The third kappa shape index (κ3) is 4.26. The molecule has 1 aromatic rings. The molecule has 5 nitrogen and oxygen atoms in total. The molecule has 19 heavy (non-hydrogen) atoms. The van der Waals surface area contributed by atoms with E-state index in [9.17, 15) is 4.79 Å². The van der Waals surface area contributed by atoms with Crippen LogP contribution in [0, 0.1) is 11.8 Å². The quantitative estimate of drug-likeness (QED) is 0.858. The highest BCUT2D eigenvalue weighted by molar-refractivity contribution is 5.93. The summed E-state index contributed by atoms with van der Waals surface area (Å²) in [6.07, 6.45) is 0. The van der Waals surface area contributed by atoms with Crippen molar-refractivity contribution in [2.45, 2.75) is 41.2 Å². The van der Waals surface area contributed by atoms with Gasteiger partial charge in [-0.25, -0.2) is 4.68 Å². The van der Waals surface area contributed by atoms with Gasteiger partial charge in [-0.15, -0.1) is 0 Å². The van der Waals surface area contributed by atoms with Crippen LogP contribution in [0.25, 0.3) is 0 Å². The Hall–Kier alpha value is -1.52. The van der Waals surface area contributed by atoms with Gasteiger partial charge in [0.25, 0.3) is 5.91 Å². The molecule has 5 heteroatoms. The highest BCUT2D eigenvalue weighted by Gasteiger charge is 2.21. The van der Waals surface area contributed by atoms with E-state index in [0.29, 0.717) is 29.9 Å². The van der Waals surface area contributed by atoms with E-state index in [1.165, 1.54) is 0 Å². The number of hydrogen-bond acceptors (Lipinski definition) is 3. The van der Waals surface area contributed by atoms with E-state index in [0.717, 1.165) is 13.1 Å². The number of carbonyl (C=O) groups is 1. The van der Waals surface area contributed by atoms with Gasteiger partial charge in [0.1, 0.15) is 5.82 Å². The minimum atomic E-state index is -0.0266. The topological polar surface area (TPSA) is 64.2 Å². The summed E-state index contributed by atoms with van der Waals surface area (Å²) in [7, 11) is 0. The van der Waals surface area contributed by atoms with Gasteiger partial charge in [-0.2, -0.15) is 5.10 Å². The van der Waals surface area contributed by atoms with E-state index in [2.05, 4.69) is 32.8 Å². The molecule has 1 aromatic heterocycles. The van der Waals surface area contributed by atoms with Crippen molar-refractivity contribution in [3.8, 4) is 0 Å². The van der Waals surface area contributed by atoms with Gasteiger partial charge in [0, 0.05) is 25.7 Å². The number of rotatable bonds is 6. The highest BCUT2D eigenvalue weighted by atomic mass is 16.2. The lowest BCUT2D eigenvalue weighted by Crippen LogP contribution is -2.37. The fourth-order valence-corrected chi connectivity index (χ4v) is 2.07. The predicted molar refractivity (Wildman–Crippen MR) is 77.9 cm³/mol. The number of aryl methyl sites for hydroxylation is 1. The summed E-state index contributed by atoms with van der Waals surface area (Å²) in [6, 6.07) is 1.67. The summed E-state index contributed by atoms with van der Waals surface area (Å²) >= 11 is 0. The van der Waals surface area contributed by atoms with Crippen LogP contribution in [0.4, 0.5) is 5.82 Å². The van der Waals surface area contributed by atoms with Crippen LogP contribution in [0.2, 0.25) is 0 Å². The Bertz CT molecular complexity index is 413. The molecule has 1 rings (SSSR count). The van der Waals surface area contributed by atoms with Crippen molar-refractivity contribution in [2.24, 2.45) is 11.8 Å². The molecule has 1 heterocycles. The molecule has 1 amide bonds. The summed E-state index contributed by atoms with van der Waals surface area (Å²) in [5.41, 5.74) is 6.27. The number of carbonyl (C=O) groups excluding carboxylic acids is 1. The zero-order valence-electron chi connectivity index (χ0n) is 12.7. The average Bonchev–Trinajstić information content (AvgIpc) is 2.67. The fourth-order valence-electron chi connectivity index (χ4n) is 2.07. The normalized spacial score (nSPS) is 11.3. The predicted octanol–water partition coefficient (Wildman–Crippen LogP) is 2.24. The van der Waals surface area contributed by atoms with Crippen LogP contribution in [-0.4, -0.2) is 33.7 Å². The van der Waals surface area contributed by atoms with E-state index in [1.807, 2.05) is 11.8 Å². The van der Waals surface area contributed by atoms with Gasteiger partial charge in [0.05, 0.1) is 0 Å². The fraction of sp³-hybridized carbons (Fsp3) is 0.714. The SMILES string of the molecule is CCn1nc(C(=O)N(CC(C)C)CC(C)C)cc1N. The number of amides is 1. The zero-order chi connectivity index (χ0) is 14.6. The maximum atomic E-state index is 12.5. The van der Waals surface area contributed by atoms with E-state index in [-0.39, 0.29) is 5.91 Å². The molecule has 0 radical (unpaired) electrons. The van der Waals surface area contributed by atoms with Crippen LogP contribution < -0.4 is 5.73 Å². The number of anilines is 1. The second-order valence-corrected chi connectivity index (χ2v) is 5.77. The first-order chi connectivity index (χ1) is 8.85. The standard InChI is InChI=1S/C14H26N4O/c1-6-18-13(15)7-12(16-18)14(19)17(8-10(2)3)9-11(4)5/h7,10-11H,6,8-9,15H2,1-5H3. The minimum Gasteiger partial charge on any atom is -0.384 e. The van der Waals surface area contributed by atoms with Crippen molar-refractivity contribution in [1.29, 1.82) is 0 Å². The molecule has 0 saturated carbocycles. The third-order valence-electron chi connectivity index (χ3n) is 2.79. The summed E-state index contributed by atoms with van der Waals surface area (Å²) in [4.78, 5) is 14.4. The smallest absolute Gasteiger partial charge is 0.274 e. The number of aromatic nitrogens is 2. The van der Waals surface area contributed by atoms with Gasteiger partial charge in [0.15, 0.2) is 5.69 Å². The van der Waals surface area contributed by atoms with Gasteiger partial charge in [-0.1, -0.05) is 27.7 Å². The molecule has 2 N–H and O–H groups in total. The van der Waals surface area contributed by atoms with Crippen molar-refractivity contribution in [3.05, 3.63) is 11.8 Å². The molecule has 0 unspecified atom stereocenters. The first-order valence-corrected chi connectivity index (χ1v) is 6.97. The Morgan fingerprint density at radius 2 is 1.84 bits per heavy atom. The Balaban J connectivity index is 2.90. The molecule has 0 aliphatic carbocycles. The third-order valence-corrected chi connectivity index (χ3v) is 2.79.